The summed E-state index contributed by atoms with van der Waals surface area (Å²) in [4.78, 5) is 14.6. The van der Waals surface area contributed by atoms with Gasteiger partial charge in [-0.1, -0.05) is 17.3 Å². The van der Waals surface area contributed by atoms with Crippen molar-refractivity contribution in [3.8, 4) is 0 Å². The van der Waals surface area contributed by atoms with Crippen LogP contribution in [0.4, 0.5) is 5.69 Å². The molecule has 0 aliphatic carbocycles. The molecule has 1 aromatic carbocycles. The minimum Gasteiger partial charge on any atom is -0.369 e. The Labute approximate surface area is 113 Å². The van der Waals surface area contributed by atoms with Crippen molar-refractivity contribution >= 4 is 11.9 Å². The molecular weight excluding hydrogens is 242 g/mol. The van der Waals surface area contributed by atoms with Gasteiger partial charge < -0.3 is 10.3 Å². The molecule has 1 N–H and O–H groups in total. The Hall–Kier alpha value is -1.95. The Kier molecular flexibility index (Phi) is 4.85. The first-order chi connectivity index (χ1) is 9.33. The predicted octanol–water partition coefficient (Wildman–Crippen LogP) is 1.09. The Morgan fingerprint density at radius 2 is 1.89 bits per heavy atom. The lowest BCUT2D eigenvalue weighted by Gasteiger charge is -2.34. The van der Waals surface area contributed by atoms with Gasteiger partial charge in [-0.15, -0.1) is 4.91 Å². The van der Waals surface area contributed by atoms with Crippen LogP contribution in [0.3, 0.4) is 0 Å². The zero-order chi connectivity index (χ0) is 13.5. The maximum atomic E-state index is 10.2. The molecule has 2 rings (SSSR count). The van der Waals surface area contributed by atoms with Crippen LogP contribution in [0.1, 0.15) is 5.56 Å². The lowest BCUT2D eigenvalue weighted by molar-refractivity contribution is 0.265. The zero-order valence-electron chi connectivity index (χ0n) is 11.1. The van der Waals surface area contributed by atoms with Crippen LogP contribution in [0, 0.1) is 4.91 Å². The van der Waals surface area contributed by atoms with Crippen LogP contribution in [0.25, 0.3) is 0 Å². The van der Waals surface area contributed by atoms with Gasteiger partial charge in [-0.3, -0.25) is 4.90 Å². The Balaban J connectivity index is 1.92. The normalized spacial score (nSPS) is 16.8. The first-order valence-electron chi connectivity index (χ1n) is 6.40. The number of nitrogens with one attached hydrogen (secondary N) is 1. The van der Waals surface area contributed by atoms with Crippen molar-refractivity contribution in [2.75, 3.05) is 44.8 Å². The Morgan fingerprint density at radius 1 is 1.21 bits per heavy atom. The Bertz CT molecular complexity index is 423. The molecule has 0 radical (unpaired) electrons. The third kappa shape index (κ3) is 3.75. The number of hydrogen-bond acceptors (Lipinski definition) is 6. The average molecular weight is 261 g/mol. The van der Waals surface area contributed by atoms with Crippen LogP contribution in [-0.2, 0) is 0 Å². The quantitative estimate of drug-likeness (QED) is 0.489. The van der Waals surface area contributed by atoms with E-state index in [2.05, 4.69) is 49.8 Å². The van der Waals surface area contributed by atoms with E-state index in [4.69, 9.17) is 0 Å². The summed E-state index contributed by atoms with van der Waals surface area (Å²) in [5.74, 6) is 0. The number of piperazine rings is 1. The molecule has 6 nitrogen and oxygen atoms in total. The number of hydrazone groups is 1. The third-order valence-electron chi connectivity index (χ3n) is 3.23. The average Bonchev–Trinajstić information content (AvgIpc) is 2.47. The molecule has 0 saturated carbocycles. The van der Waals surface area contributed by atoms with E-state index in [1.54, 1.807) is 13.3 Å². The summed E-state index contributed by atoms with van der Waals surface area (Å²) in [6.07, 6.45) is 1.79. The molecule has 1 aliphatic rings. The van der Waals surface area contributed by atoms with Crippen LogP contribution < -0.4 is 10.3 Å². The summed E-state index contributed by atoms with van der Waals surface area (Å²) in [5, 5.41) is 6.91. The lowest BCUT2D eigenvalue weighted by Crippen LogP contribution is -2.46. The monoisotopic (exact) mass is 261 g/mol. The highest BCUT2D eigenvalue weighted by molar-refractivity contribution is 5.80. The number of benzene rings is 1. The van der Waals surface area contributed by atoms with Gasteiger partial charge in [0.1, 0.15) is 6.67 Å². The minimum absolute atomic E-state index is 0.299. The molecule has 0 amide bonds. The van der Waals surface area contributed by atoms with Gasteiger partial charge in [0.15, 0.2) is 0 Å². The van der Waals surface area contributed by atoms with Crippen LogP contribution in [0.15, 0.2) is 34.5 Å². The van der Waals surface area contributed by atoms with Gasteiger partial charge in [-0.25, -0.2) is 0 Å². The van der Waals surface area contributed by atoms with E-state index in [-0.39, 0.29) is 0 Å². The molecule has 19 heavy (non-hydrogen) atoms. The second kappa shape index (κ2) is 6.84. The van der Waals surface area contributed by atoms with E-state index >= 15 is 0 Å². The van der Waals surface area contributed by atoms with Crippen LogP contribution in [0.2, 0.25) is 0 Å². The summed E-state index contributed by atoms with van der Waals surface area (Å²) in [7, 11) is 1.78. The van der Waals surface area contributed by atoms with E-state index in [0.717, 1.165) is 31.7 Å². The molecule has 1 aliphatic heterocycles. The Morgan fingerprint density at radius 3 is 2.47 bits per heavy atom. The second-order valence-corrected chi connectivity index (χ2v) is 4.45. The van der Waals surface area contributed by atoms with Crippen molar-refractivity contribution in [2.45, 2.75) is 0 Å². The van der Waals surface area contributed by atoms with Crippen LogP contribution in [-0.4, -0.2) is 51.0 Å². The third-order valence-corrected chi connectivity index (χ3v) is 3.23. The molecule has 0 aromatic heterocycles. The van der Waals surface area contributed by atoms with Gasteiger partial charge in [-0.2, -0.15) is 5.10 Å². The van der Waals surface area contributed by atoms with Gasteiger partial charge in [0.05, 0.1) is 6.21 Å². The predicted molar refractivity (Wildman–Crippen MR) is 77.5 cm³/mol. The van der Waals surface area contributed by atoms with Crippen molar-refractivity contribution in [1.82, 2.24) is 10.3 Å². The highest BCUT2D eigenvalue weighted by Crippen LogP contribution is 2.16. The number of nitrogens with zero attached hydrogens (tertiary/aromatic N) is 4. The molecular formula is C13H19N5O. The zero-order valence-corrected chi connectivity index (χ0v) is 11.1. The van der Waals surface area contributed by atoms with E-state index < -0.39 is 0 Å². The summed E-state index contributed by atoms with van der Waals surface area (Å²) in [6.45, 7) is 3.93. The lowest BCUT2D eigenvalue weighted by atomic mass is 10.2. The minimum atomic E-state index is 0.299. The fourth-order valence-corrected chi connectivity index (χ4v) is 2.14. The van der Waals surface area contributed by atoms with Crippen molar-refractivity contribution < 1.29 is 0 Å². The van der Waals surface area contributed by atoms with Gasteiger partial charge in [-0.05, 0) is 17.7 Å². The molecule has 1 heterocycles. The van der Waals surface area contributed by atoms with Gasteiger partial charge >= 0.3 is 0 Å². The second-order valence-electron chi connectivity index (χ2n) is 4.45. The van der Waals surface area contributed by atoms with Crippen molar-refractivity contribution in [1.29, 1.82) is 0 Å². The molecule has 102 valence electrons. The SMILES string of the molecule is CN/N=C/c1ccc(N2CCN(CN=O)CC2)cc1. The van der Waals surface area contributed by atoms with Crippen LogP contribution >= 0.6 is 0 Å². The smallest absolute Gasteiger partial charge is 0.134 e. The number of hydrogen-bond donors (Lipinski definition) is 1. The molecule has 1 fully saturated rings. The first-order valence-corrected chi connectivity index (χ1v) is 6.40. The summed E-state index contributed by atoms with van der Waals surface area (Å²) >= 11 is 0. The molecule has 0 bridgehead atoms. The number of rotatable bonds is 5. The standard InChI is InChI=1S/C13H19N5O/c1-14-15-10-12-2-4-13(5-3-12)18-8-6-17(7-9-18)11-16-19/h2-5,10,14H,6-9,11H2,1H3/b15-10+. The maximum absolute atomic E-state index is 10.2. The largest absolute Gasteiger partial charge is 0.369 e. The number of nitroso groups, excluding NO2 is 1. The van der Waals surface area contributed by atoms with Gasteiger partial charge in [0, 0.05) is 38.9 Å². The summed E-state index contributed by atoms with van der Waals surface area (Å²) in [5.41, 5.74) is 5.01. The fourth-order valence-electron chi connectivity index (χ4n) is 2.14. The van der Waals surface area contributed by atoms with Crippen molar-refractivity contribution in [3.05, 3.63) is 34.7 Å². The van der Waals surface area contributed by atoms with E-state index in [1.807, 2.05) is 0 Å². The molecule has 1 aromatic rings. The molecule has 1 saturated heterocycles. The molecule has 0 spiro atoms. The van der Waals surface area contributed by atoms with E-state index in [9.17, 15) is 4.91 Å². The molecule has 0 unspecified atom stereocenters. The first kappa shape index (κ1) is 13.5. The van der Waals surface area contributed by atoms with E-state index in [1.165, 1.54) is 5.69 Å². The topological polar surface area (TPSA) is 60.3 Å². The van der Waals surface area contributed by atoms with E-state index in [0.29, 0.717) is 6.67 Å². The van der Waals surface area contributed by atoms with Gasteiger partial charge in [0.2, 0.25) is 0 Å². The van der Waals surface area contributed by atoms with Crippen LogP contribution in [0.5, 0.6) is 0 Å². The molecule has 0 atom stereocenters. The maximum Gasteiger partial charge on any atom is 0.134 e. The highest BCUT2D eigenvalue weighted by atomic mass is 16.3. The van der Waals surface area contributed by atoms with Crippen molar-refractivity contribution in [3.63, 3.8) is 0 Å². The summed E-state index contributed by atoms with van der Waals surface area (Å²) < 4.78 is 0. The highest BCUT2D eigenvalue weighted by Gasteiger charge is 2.16. The summed E-state index contributed by atoms with van der Waals surface area (Å²) in [6, 6.07) is 8.31. The number of anilines is 1. The van der Waals surface area contributed by atoms with Crippen molar-refractivity contribution in [2.24, 2.45) is 10.3 Å². The fraction of sp³-hybridized carbons (Fsp3) is 0.462. The van der Waals surface area contributed by atoms with Gasteiger partial charge in [0.25, 0.3) is 0 Å². The molecule has 6 heteroatoms.